The number of halogens is 1. The number of nitrogens with two attached hydrogens (primary N) is 1. The van der Waals surface area contributed by atoms with E-state index < -0.39 is 0 Å². The molecule has 1 fully saturated rings. The molecule has 0 spiro atoms. The summed E-state index contributed by atoms with van der Waals surface area (Å²) in [6.07, 6.45) is 3.81. The van der Waals surface area contributed by atoms with Crippen LogP contribution in [0.4, 0.5) is 0 Å². The molecule has 2 rings (SSSR count). The molecule has 14 heavy (non-hydrogen) atoms. The second kappa shape index (κ2) is 4.33. The molecule has 1 nitrogen and oxygen atoms in total. The zero-order valence-electron chi connectivity index (χ0n) is 8.62. The summed E-state index contributed by atoms with van der Waals surface area (Å²) in [6.45, 7) is 3.03. The molecule has 0 atom stereocenters. The molecule has 2 heteroatoms. The van der Waals surface area contributed by atoms with Crippen molar-refractivity contribution in [3.63, 3.8) is 0 Å². The summed E-state index contributed by atoms with van der Waals surface area (Å²) in [5.74, 6) is 0. The molecule has 0 aromatic heterocycles. The highest BCUT2D eigenvalue weighted by Crippen LogP contribution is 2.47. The Morgan fingerprint density at radius 3 is 2.43 bits per heavy atom. The predicted octanol–water partition coefficient (Wildman–Crippen LogP) is 2.70. The molecule has 0 radical (unpaired) electrons. The monoisotopic (exact) mass is 211 g/mol. The van der Waals surface area contributed by atoms with Crippen molar-refractivity contribution in [2.75, 3.05) is 6.54 Å². The molecule has 1 aliphatic carbocycles. The summed E-state index contributed by atoms with van der Waals surface area (Å²) in [5.41, 5.74) is 9.11. The maximum absolute atomic E-state index is 5.77. The van der Waals surface area contributed by atoms with Crippen LogP contribution in [-0.4, -0.2) is 6.54 Å². The van der Waals surface area contributed by atoms with Crippen LogP contribution in [0, 0.1) is 12.3 Å². The average Bonchev–Trinajstić information content (AvgIpc) is 2.90. The first kappa shape index (κ1) is 11.5. The summed E-state index contributed by atoms with van der Waals surface area (Å²) >= 11 is 0. The van der Waals surface area contributed by atoms with Gasteiger partial charge in [-0.1, -0.05) is 24.3 Å². The van der Waals surface area contributed by atoms with Crippen molar-refractivity contribution in [2.45, 2.75) is 26.2 Å². The molecule has 78 valence electrons. The van der Waals surface area contributed by atoms with E-state index in [1.807, 2.05) is 0 Å². The van der Waals surface area contributed by atoms with Crippen LogP contribution >= 0.6 is 12.4 Å². The zero-order valence-corrected chi connectivity index (χ0v) is 9.44. The minimum atomic E-state index is 0. The van der Waals surface area contributed by atoms with E-state index >= 15 is 0 Å². The fourth-order valence-corrected chi connectivity index (χ4v) is 1.84. The van der Waals surface area contributed by atoms with Gasteiger partial charge in [0.2, 0.25) is 0 Å². The third-order valence-corrected chi connectivity index (χ3v) is 3.22. The molecule has 1 aromatic rings. The largest absolute Gasteiger partial charge is 0.330 e. The Balaban J connectivity index is 0.000000980. The highest BCUT2D eigenvalue weighted by Gasteiger charge is 2.41. The number of hydrogen-bond acceptors (Lipinski definition) is 1. The molecular formula is C12H18ClN. The molecule has 0 unspecified atom stereocenters. The molecular weight excluding hydrogens is 194 g/mol. The van der Waals surface area contributed by atoms with Gasteiger partial charge in [0.15, 0.2) is 0 Å². The van der Waals surface area contributed by atoms with Gasteiger partial charge in [0.25, 0.3) is 0 Å². The smallest absolute Gasteiger partial charge is 0.00173 e. The van der Waals surface area contributed by atoms with E-state index in [1.54, 1.807) is 0 Å². The summed E-state index contributed by atoms with van der Waals surface area (Å²) in [7, 11) is 0. The molecule has 1 saturated carbocycles. The van der Waals surface area contributed by atoms with E-state index in [-0.39, 0.29) is 12.4 Å². The Labute approximate surface area is 92.1 Å². The number of hydrogen-bond donors (Lipinski definition) is 1. The van der Waals surface area contributed by atoms with Crippen molar-refractivity contribution in [3.8, 4) is 0 Å². The van der Waals surface area contributed by atoms with Crippen LogP contribution in [-0.2, 0) is 6.42 Å². The lowest BCUT2D eigenvalue weighted by molar-refractivity contribution is 0.520. The van der Waals surface area contributed by atoms with Crippen molar-refractivity contribution in [2.24, 2.45) is 11.1 Å². The van der Waals surface area contributed by atoms with Gasteiger partial charge in [-0.05, 0) is 49.3 Å². The Morgan fingerprint density at radius 2 is 1.93 bits per heavy atom. The minimum Gasteiger partial charge on any atom is -0.330 e. The first-order valence-corrected chi connectivity index (χ1v) is 5.00. The summed E-state index contributed by atoms with van der Waals surface area (Å²) < 4.78 is 0. The van der Waals surface area contributed by atoms with Crippen LogP contribution in [0.1, 0.15) is 24.0 Å². The van der Waals surface area contributed by atoms with E-state index in [1.165, 1.54) is 30.4 Å². The standard InChI is InChI=1S/C12H17N.ClH/c1-10-4-2-3-5-11(10)8-12(9-13)6-7-12;/h2-5H,6-9,13H2,1H3;1H. The molecule has 1 aliphatic rings. The topological polar surface area (TPSA) is 26.0 Å². The first-order valence-electron chi connectivity index (χ1n) is 5.00. The minimum absolute atomic E-state index is 0. The van der Waals surface area contributed by atoms with E-state index in [2.05, 4.69) is 31.2 Å². The van der Waals surface area contributed by atoms with Crippen molar-refractivity contribution < 1.29 is 0 Å². The van der Waals surface area contributed by atoms with Gasteiger partial charge in [0.1, 0.15) is 0 Å². The van der Waals surface area contributed by atoms with Gasteiger partial charge < -0.3 is 5.73 Å². The molecule has 0 heterocycles. The fraction of sp³-hybridized carbons (Fsp3) is 0.500. The van der Waals surface area contributed by atoms with Crippen molar-refractivity contribution in [1.82, 2.24) is 0 Å². The zero-order chi connectivity index (χ0) is 9.31. The SMILES string of the molecule is Cc1ccccc1CC1(CN)CC1.Cl. The highest BCUT2D eigenvalue weighted by atomic mass is 35.5. The molecule has 0 bridgehead atoms. The second-order valence-corrected chi connectivity index (χ2v) is 4.31. The third-order valence-electron chi connectivity index (χ3n) is 3.22. The Kier molecular flexibility index (Phi) is 3.57. The number of aryl methyl sites for hydroxylation is 1. The maximum Gasteiger partial charge on any atom is -0.00173 e. The average molecular weight is 212 g/mol. The van der Waals surface area contributed by atoms with Gasteiger partial charge in [-0.2, -0.15) is 0 Å². The van der Waals surface area contributed by atoms with Crippen LogP contribution in [0.15, 0.2) is 24.3 Å². The third kappa shape index (κ3) is 2.28. The van der Waals surface area contributed by atoms with Crippen LogP contribution in [0.5, 0.6) is 0 Å². The highest BCUT2D eigenvalue weighted by molar-refractivity contribution is 5.85. The normalized spacial score (nSPS) is 17.3. The van der Waals surface area contributed by atoms with E-state index in [0.717, 1.165) is 6.54 Å². The van der Waals surface area contributed by atoms with Crippen LogP contribution < -0.4 is 5.73 Å². The Bertz CT molecular complexity index is 305. The molecule has 0 aliphatic heterocycles. The summed E-state index contributed by atoms with van der Waals surface area (Å²) in [6, 6.07) is 8.63. The van der Waals surface area contributed by atoms with Crippen molar-refractivity contribution in [3.05, 3.63) is 35.4 Å². The van der Waals surface area contributed by atoms with Gasteiger partial charge in [0, 0.05) is 0 Å². The van der Waals surface area contributed by atoms with E-state index in [9.17, 15) is 0 Å². The lowest BCUT2D eigenvalue weighted by atomic mass is 9.94. The van der Waals surface area contributed by atoms with Gasteiger partial charge in [0.05, 0.1) is 0 Å². The molecule has 1 aromatic carbocycles. The van der Waals surface area contributed by atoms with E-state index in [4.69, 9.17) is 5.73 Å². The summed E-state index contributed by atoms with van der Waals surface area (Å²) in [5, 5.41) is 0. The fourth-order valence-electron chi connectivity index (χ4n) is 1.84. The quantitative estimate of drug-likeness (QED) is 0.818. The molecule has 0 amide bonds. The van der Waals surface area contributed by atoms with E-state index in [0.29, 0.717) is 5.41 Å². The first-order chi connectivity index (χ1) is 6.26. The van der Waals surface area contributed by atoms with Gasteiger partial charge in [-0.15, -0.1) is 12.4 Å². The maximum atomic E-state index is 5.77. The lowest BCUT2D eigenvalue weighted by Crippen LogP contribution is -2.18. The Hall–Kier alpha value is -0.530. The van der Waals surface area contributed by atoms with Gasteiger partial charge in [-0.3, -0.25) is 0 Å². The van der Waals surface area contributed by atoms with Crippen molar-refractivity contribution in [1.29, 1.82) is 0 Å². The lowest BCUT2D eigenvalue weighted by Gasteiger charge is -2.13. The second-order valence-electron chi connectivity index (χ2n) is 4.31. The number of rotatable bonds is 3. The van der Waals surface area contributed by atoms with Gasteiger partial charge in [-0.25, -0.2) is 0 Å². The van der Waals surface area contributed by atoms with Crippen LogP contribution in [0.3, 0.4) is 0 Å². The molecule has 0 saturated heterocycles. The predicted molar refractivity (Wildman–Crippen MR) is 62.9 cm³/mol. The summed E-state index contributed by atoms with van der Waals surface area (Å²) in [4.78, 5) is 0. The van der Waals surface area contributed by atoms with Gasteiger partial charge >= 0.3 is 0 Å². The number of benzene rings is 1. The Morgan fingerprint density at radius 1 is 1.29 bits per heavy atom. The molecule has 2 N–H and O–H groups in total. The van der Waals surface area contributed by atoms with Crippen LogP contribution in [0.2, 0.25) is 0 Å². The van der Waals surface area contributed by atoms with Crippen molar-refractivity contribution >= 4 is 12.4 Å². The van der Waals surface area contributed by atoms with Crippen LogP contribution in [0.25, 0.3) is 0 Å².